The van der Waals surface area contributed by atoms with Gasteiger partial charge in [-0.25, -0.2) is 0 Å². The summed E-state index contributed by atoms with van der Waals surface area (Å²) >= 11 is 0. The van der Waals surface area contributed by atoms with Gasteiger partial charge in [0.15, 0.2) is 0 Å². The Morgan fingerprint density at radius 2 is 1.76 bits per heavy atom. The zero-order chi connectivity index (χ0) is 18.0. The van der Waals surface area contributed by atoms with Gasteiger partial charge in [0.05, 0.1) is 24.9 Å². The smallest absolute Gasteiger partial charge is 0.0804 e. The molecule has 4 aliphatic carbocycles. The molecule has 1 unspecified atom stereocenters. The van der Waals surface area contributed by atoms with E-state index in [4.69, 9.17) is 0 Å². The molecule has 0 spiro atoms. The van der Waals surface area contributed by atoms with Gasteiger partial charge in [-0.05, 0) is 91.8 Å². The monoisotopic (exact) mass is 352 g/mol. The summed E-state index contributed by atoms with van der Waals surface area (Å²) in [6.45, 7) is 4.46. The van der Waals surface area contributed by atoms with Crippen LogP contribution in [0.5, 0.6) is 0 Å². The second-order valence-corrected chi connectivity index (χ2v) is 10.2. The van der Waals surface area contributed by atoms with Crippen molar-refractivity contribution in [1.29, 1.82) is 0 Å². The zero-order valence-electron chi connectivity index (χ0n) is 15.8. The van der Waals surface area contributed by atoms with E-state index in [0.717, 1.165) is 44.9 Å². The lowest BCUT2D eigenvalue weighted by Gasteiger charge is -2.62. The molecule has 0 heterocycles. The van der Waals surface area contributed by atoms with E-state index in [-0.39, 0.29) is 35.6 Å². The van der Waals surface area contributed by atoms with Crippen LogP contribution in [0.4, 0.5) is 0 Å². The van der Waals surface area contributed by atoms with E-state index in [0.29, 0.717) is 23.7 Å². The highest BCUT2D eigenvalue weighted by molar-refractivity contribution is 5.12. The van der Waals surface area contributed by atoms with Gasteiger partial charge >= 0.3 is 0 Å². The summed E-state index contributed by atoms with van der Waals surface area (Å²) in [4.78, 5) is 0. The first-order chi connectivity index (χ1) is 11.8. The van der Waals surface area contributed by atoms with Crippen LogP contribution in [0.3, 0.4) is 0 Å². The van der Waals surface area contributed by atoms with Crippen LogP contribution in [0.1, 0.15) is 65.2 Å². The summed E-state index contributed by atoms with van der Waals surface area (Å²) in [7, 11) is 0. The molecule has 4 N–H and O–H groups in total. The molecule has 0 aromatic rings. The standard InChI is InChI=1S/C21H36O4/c1-20-8-7-13(23)9-12(20)3-4-14-15-5-6-16(18(25)11-22)21(15,2)10-17(24)19(14)20/h12-19,22-25H,3-11H2,1-2H3/t12-,13+,14-,15-,16+,17-,18+,19?,20-,21-/m0/s1. The van der Waals surface area contributed by atoms with Crippen molar-refractivity contribution in [3.63, 3.8) is 0 Å². The fourth-order valence-corrected chi connectivity index (χ4v) is 8.16. The average molecular weight is 353 g/mol. The molecule has 144 valence electrons. The van der Waals surface area contributed by atoms with E-state index in [1.54, 1.807) is 0 Å². The topological polar surface area (TPSA) is 80.9 Å². The van der Waals surface area contributed by atoms with Crippen LogP contribution in [0.25, 0.3) is 0 Å². The van der Waals surface area contributed by atoms with Crippen LogP contribution >= 0.6 is 0 Å². The van der Waals surface area contributed by atoms with Crippen molar-refractivity contribution in [1.82, 2.24) is 0 Å². The molecule has 0 aromatic carbocycles. The Bertz CT molecular complexity index is 510. The van der Waals surface area contributed by atoms with Gasteiger partial charge in [0.1, 0.15) is 0 Å². The van der Waals surface area contributed by atoms with Gasteiger partial charge in [-0.15, -0.1) is 0 Å². The predicted octanol–water partition coefficient (Wildman–Crippen LogP) is 2.33. The third-order valence-electron chi connectivity index (χ3n) is 9.29. The van der Waals surface area contributed by atoms with Crippen molar-refractivity contribution < 1.29 is 20.4 Å². The van der Waals surface area contributed by atoms with Gasteiger partial charge < -0.3 is 20.4 Å². The molecule has 0 amide bonds. The lowest BCUT2D eigenvalue weighted by atomic mass is 9.44. The van der Waals surface area contributed by atoms with Crippen LogP contribution in [0.2, 0.25) is 0 Å². The van der Waals surface area contributed by atoms with E-state index in [1.807, 2.05) is 0 Å². The summed E-state index contributed by atoms with van der Waals surface area (Å²) in [6.07, 6.45) is 6.84. The number of fused-ring (bicyclic) bond motifs is 5. The summed E-state index contributed by atoms with van der Waals surface area (Å²) in [6, 6.07) is 0. The predicted molar refractivity (Wildman–Crippen MR) is 95.7 cm³/mol. The molecule has 4 nitrogen and oxygen atoms in total. The van der Waals surface area contributed by atoms with Crippen molar-refractivity contribution in [2.75, 3.05) is 6.61 Å². The van der Waals surface area contributed by atoms with Crippen molar-refractivity contribution in [3.8, 4) is 0 Å². The third-order valence-corrected chi connectivity index (χ3v) is 9.29. The minimum Gasteiger partial charge on any atom is -0.394 e. The van der Waals surface area contributed by atoms with E-state index in [9.17, 15) is 20.4 Å². The molecule has 4 aliphatic rings. The van der Waals surface area contributed by atoms with Gasteiger partial charge in [0.25, 0.3) is 0 Å². The highest BCUT2D eigenvalue weighted by Gasteiger charge is 2.63. The quantitative estimate of drug-likeness (QED) is 0.615. The summed E-state index contributed by atoms with van der Waals surface area (Å²) < 4.78 is 0. The maximum Gasteiger partial charge on any atom is 0.0804 e. The molecular formula is C21H36O4. The first-order valence-corrected chi connectivity index (χ1v) is 10.5. The van der Waals surface area contributed by atoms with Crippen molar-refractivity contribution in [2.24, 2.45) is 40.4 Å². The van der Waals surface area contributed by atoms with E-state index < -0.39 is 6.10 Å². The van der Waals surface area contributed by atoms with Crippen LogP contribution < -0.4 is 0 Å². The Kier molecular flexibility index (Phi) is 4.51. The average Bonchev–Trinajstić information content (AvgIpc) is 2.91. The maximum absolute atomic E-state index is 11.3. The molecule has 25 heavy (non-hydrogen) atoms. The minimum absolute atomic E-state index is 0.0554. The lowest BCUT2D eigenvalue weighted by Crippen LogP contribution is -2.59. The lowest BCUT2D eigenvalue weighted by molar-refractivity contribution is -0.183. The number of rotatable bonds is 2. The number of hydrogen-bond donors (Lipinski definition) is 4. The zero-order valence-corrected chi connectivity index (χ0v) is 15.8. The Morgan fingerprint density at radius 1 is 1.00 bits per heavy atom. The Morgan fingerprint density at radius 3 is 2.48 bits per heavy atom. The summed E-state index contributed by atoms with van der Waals surface area (Å²) in [5, 5.41) is 41.2. The second-order valence-electron chi connectivity index (χ2n) is 10.2. The number of hydrogen-bond acceptors (Lipinski definition) is 4. The van der Waals surface area contributed by atoms with E-state index in [2.05, 4.69) is 13.8 Å². The molecule has 0 saturated heterocycles. The van der Waals surface area contributed by atoms with E-state index in [1.165, 1.54) is 6.42 Å². The second kappa shape index (κ2) is 6.19. The minimum atomic E-state index is -0.657. The molecule has 0 radical (unpaired) electrons. The highest BCUT2D eigenvalue weighted by Crippen LogP contribution is 2.67. The first kappa shape index (κ1) is 18.2. The molecule has 10 atom stereocenters. The Labute approximate surface area is 151 Å². The van der Waals surface area contributed by atoms with Gasteiger partial charge in [0, 0.05) is 0 Å². The van der Waals surface area contributed by atoms with Crippen LogP contribution in [0.15, 0.2) is 0 Å². The summed E-state index contributed by atoms with van der Waals surface area (Å²) in [5.74, 6) is 2.06. The molecule has 4 fully saturated rings. The number of aliphatic hydroxyl groups excluding tert-OH is 4. The van der Waals surface area contributed by atoms with Gasteiger partial charge in [-0.2, -0.15) is 0 Å². The molecule has 0 bridgehead atoms. The largest absolute Gasteiger partial charge is 0.394 e. The van der Waals surface area contributed by atoms with Crippen LogP contribution in [0, 0.1) is 40.4 Å². The van der Waals surface area contributed by atoms with Gasteiger partial charge in [0.2, 0.25) is 0 Å². The fraction of sp³-hybridized carbons (Fsp3) is 1.00. The molecule has 0 aliphatic heterocycles. The fourth-order valence-electron chi connectivity index (χ4n) is 8.16. The van der Waals surface area contributed by atoms with E-state index >= 15 is 0 Å². The molecule has 4 rings (SSSR count). The summed E-state index contributed by atoms with van der Waals surface area (Å²) in [5.41, 5.74) is 0.0939. The SMILES string of the molecule is C[C@]12C[C@H](O)C3[C@@H](CC[C@H]4C[C@H](O)CC[C@]34C)[C@@H]1CC[C@@H]2[C@H](O)CO. The van der Waals surface area contributed by atoms with Gasteiger partial charge in [-0.1, -0.05) is 13.8 Å². The van der Waals surface area contributed by atoms with Gasteiger partial charge in [-0.3, -0.25) is 0 Å². The Hall–Kier alpha value is -0.160. The highest BCUT2D eigenvalue weighted by atomic mass is 16.3. The normalized spacial score (nSPS) is 56.6. The molecule has 4 heteroatoms. The van der Waals surface area contributed by atoms with Crippen LogP contribution in [-0.4, -0.2) is 45.3 Å². The van der Waals surface area contributed by atoms with Crippen LogP contribution in [-0.2, 0) is 0 Å². The maximum atomic E-state index is 11.3. The molecular weight excluding hydrogens is 316 g/mol. The Balaban J connectivity index is 1.64. The molecule has 0 aromatic heterocycles. The first-order valence-electron chi connectivity index (χ1n) is 10.5. The van der Waals surface area contributed by atoms with Crippen molar-refractivity contribution in [3.05, 3.63) is 0 Å². The van der Waals surface area contributed by atoms with Crippen molar-refractivity contribution >= 4 is 0 Å². The number of aliphatic hydroxyl groups is 4. The van der Waals surface area contributed by atoms with Crippen molar-refractivity contribution in [2.45, 2.75) is 83.5 Å². The molecule has 4 saturated carbocycles. The third kappa shape index (κ3) is 2.55.